The molecule has 0 saturated carbocycles. The summed E-state index contributed by atoms with van der Waals surface area (Å²) in [7, 11) is 0. The van der Waals surface area contributed by atoms with Crippen LogP contribution in [0, 0.1) is 0 Å². The molecule has 0 bridgehead atoms. The topological polar surface area (TPSA) is 51.8 Å². The van der Waals surface area contributed by atoms with E-state index in [4.69, 9.17) is 18.0 Å². The summed E-state index contributed by atoms with van der Waals surface area (Å²) in [6.07, 6.45) is 1.63. The molecule has 0 spiro atoms. The Balaban J connectivity index is 2.44. The van der Waals surface area contributed by atoms with Gasteiger partial charge < -0.3 is 5.73 Å². The highest BCUT2D eigenvalue weighted by Gasteiger charge is 2.18. The summed E-state index contributed by atoms with van der Waals surface area (Å²) in [6.45, 7) is 0. The van der Waals surface area contributed by atoms with Gasteiger partial charge in [0.05, 0.1) is 16.6 Å². The van der Waals surface area contributed by atoms with E-state index in [0.717, 1.165) is 11.3 Å². The summed E-state index contributed by atoms with van der Waals surface area (Å²) < 4.78 is 0. The van der Waals surface area contributed by atoms with Crippen molar-refractivity contribution < 1.29 is 0 Å². The molecule has 0 aliphatic heterocycles. The van der Waals surface area contributed by atoms with Gasteiger partial charge in [0, 0.05) is 6.20 Å². The number of rotatable bonds is 3. The molecule has 0 radical (unpaired) electrons. The quantitative estimate of drug-likeness (QED) is 0.817. The number of benzene rings is 1. The van der Waals surface area contributed by atoms with Crippen LogP contribution >= 0.6 is 12.2 Å². The van der Waals surface area contributed by atoms with Gasteiger partial charge in [0.2, 0.25) is 0 Å². The Morgan fingerprint density at radius 1 is 1.12 bits per heavy atom. The van der Waals surface area contributed by atoms with E-state index in [0.29, 0.717) is 4.99 Å². The van der Waals surface area contributed by atoms with E-state index in [9.17, 15) is 0 Å². The highest BCUT2D eigenvalue weighted by Crippen LogP contribution is 2.22. The summed E-state index contributed by atoms with van der Waals surface area (Å²) in [4.78, 5) is 0.409. The van der Waals surface area contributed by atoms with E-state index in [1.165, 1.54) is 0 Å². The van der Waals surface area contributed by atoms with Gasteiger partial charge in [0.1, 0.15) is 0 Å². The lowest BCUT2D eigenvalue weighted by Crippen LogP contribution is -2.21. The first-order valence-corrected chi connectivity index (χ1v) is 5.31. The Kier molecular flexibility index (Phi) is 3.22. The summed E-state index contributed by atoms with van der Waals surface area (Å²) in [5, 5.41) is 7.91. The zero-order chi connectivity index (χ0) is 11.4. The van der Waals surface area contributed by atoms with Crippen molar-refractivity contribution in [2.45, 2.75) is 5.92 Å². The van der Waals surface area contributed by atoms with Crippen molar-refractivity contribution in [1.82, 2.24) is 10.2 Å². The summed E-state index contributed by atoms with van der Waals surface area (Å²) in [5.41, 5.74) is 7.58. The van der Waals surface area contributed by atoms with Crippen LogP contribution in [0.15, 0.2) is 48.7 Å². The lowest BCUT2D eigenvalue weighted by atomic mass is 9.95. The van der Waals surface area contributed by atoms with Crippen molar-refractivity contribution >= 4 is 17.2 Å². The number of hydrogen-bond acceptors (Lipinski definition) is 3. The van der Waals surface area contributed by atoms with E-state index >= 15 is 0 Å². The molecule has 4 heteroatoms. The fraction of sp³-hybridized carbons (Fsp3) is 0.0833. The second kappa shape index (κ2) is 4.81. The van der Waals surface area contributed by atoms with Gasteiger partial charge in [0.25, 0.3) is 0 Å². The maximum absolute atomic E-state index is 5.76. The largest absolute Gasteiger partial charge is 0.392 e. The van der Waals surface area contributed by atoms with E-state index in [1.54, 1.807) is 6.20 Å². The number of aromatic nitrogens is 2. The molecule has 1 atom stereocenters. The Morgan fingerprint density at radius 2 is 1.88 bits per heavy atom. The molecule has 0 aliphatic rings. The van der Waals surface area contributed by atoms with Crippen LogP contribution in [-0.4, -0.2) is 15.2 Å². The lowest BCUT2D eigenvalue weighted by molar-refractivity contribution is 0.902. The molecule has 3 nitrogen and oxygen atoms in total. The molecular formula is C12H11N3S. The van der Waals surface area contributed by atoms with E-state index in [-0.39, 0.29) is 5.92 Å². The Bertz CT molecular complexity index is 431. The molecule has 0 fully saturated rings. The molecular weight excluding hydrogens is 218 g/mol. The first-order valence-electron chi connectivity index (χ1n) is 4.91. The fourth-order valence-electron chi connectivity index (χ4n) is 1.59. The number of hydrogen-bond donors (Lipinski definition) is 1. The van der Waals surface area contributed by atoms with Gasteiger partial charge >= 0.3 is 0 Å². The van der Waals surface area contributed by atoms with E-state index in [2.05, 4.69) is 10.2 Å². The minimum atomic E-state index is -0.162. The second-order valence-electron chi connectivity index (χ2n) is 3.39. The van der Waals surface area contributed by atoms with Gasteiger partial charge in [-0.05, 0) is 17.7 Å². The minimum Gasteiger partial charge on any atom is -0.392 e. The van der Waals surface area contributed by atoms with Crippen molar-refractivity contribution in [1.29, 1.82) is 0 Å². The minimum absolute atomic E-state index is 0.162. The van der Waals surface area contributed by atoms with Crippen LogP contribution in [0.25, 0.3) is 0 Å². The van der Waals surface area contributed by atoms with Crippen LogP contribution in [-0.2, 0) is 0 Å². The molecule has 80 valence electrons. The zero-order valence-corrected chi connectivity index (χ0v) is 9.39. The van der Waals surface area contributed by atoms with Crippen LogP contribution in [0.3, 0.4) is 0 Å². The SMILES string of the molecule is NC(=S)C(c1ccccc1)c1cccnn1. The molecule has 2 aromatic rings. The third kappa shape index (κ3) is 2.23. The van der Waals surface area contributed by atoms with Crippen molar-refractivity contribution in [3.8, 4) is 0 Å². The van der Waals surface area contributed by atoms with Crippen molar-refractivity contribution in [2.75, 3.05) is 0 Å². The van der Waals surface area contributed by atoms with Crippen LogP contribution in [0.2, 0.25) is 0 Å². The van der Waals surface area contributed by atoms with Gasteiger partial charge in [-0.2, -0.15) is 10.2 Å². The molecule has 2 N–H and O–H groups in total. The predicted octanol–water partition coefficient (Wildman–Crippen LogP) is 1.89. The van der Waals surface area contributed by atoms with Gasteiger partial charge in [0.15, 0.2) is 0 Å². The van der Waals surface area contributed by atoms with Crippen LogP contribution in [0.4, 0.5) is 0 Å². The molecule has 1 unspecified atom stereocenters. The van der Waals surface area contributed by atoms with Crippen LogP contribution in [0.5, 0.6) is 0 Å². The maximum atomic E-state index is 5.76. The van der Waals surface area contributed by atoms with Gasteiger partial charge in [-0.15, -0.1) is 0 Å². The molecule has 1 heterocycles. The third-order valence-electron chi connectivity index (χ3n) is 2.31. The van der Waals surface area contributed by atoms with Crippen molar-refractivity contribution in [3.05, 3.63) is 59.9 Å². The van der Waals surface area contributed by atoms with Crippen molar-refractivity contribution in [2.24, 2.45) is 5.73 Å². The zero-order valence-electron chi connectivity index (χ0n) is 8.58. The monoisotopic (exact) mass is 229 g/mol. The predicted molar refractivity (Wildman–Crippen MR) is 67.1 cm³/mol. The van der Waals surface area contributed by atoms with Crippen molar-refractivity contribution in [3.63, 3.8) is 0 Å². The first-order chi connectivity index (χ1) is 7.79. The highest BCUT2D eigenvalue weighted by molar-refractivity contribution is 7.80. The summed E-state index contributed by atoms with van der Waals surface area (Å²) in [6, 6.07) is 13.5. The van der Waals surface area contributed by atoms with Gasteiger partial charge in [-0.3, -0.25) is 0 Å². The highest BCUT2D eigenvalue weighted by atomic mass is 32.1. The molecule has 16 heavy (non-hydrogen) atoms. The summed E-state index contributed by atoms with van der Waals surface area (Å²) in [5.74, 6) is -0.162. The normalized spacial score (nSPS) is 12.0. The number of nitrogens with two attached hydrogens (primary N) is 1. The third-order valence-corrected chi connectivity index (χ3v) is 2.54. The Hall–Kier alpha value is -1.81. The Morgan fingerprint density at radius 3 is 2.44 bits per heavy atom. The maximum Gasteiger partial charge on any atom is 0.0864 e. The summed E-state index contributed by atoms with van der Waals surface area (Å²) >= 11 is 5.09. The smallest absolute Gasteiger partial charge is 0.0864 e. The standard InChI is InChI=1S/C12H11N3S/c13-12(16)11(9-5-2-1-3-6-9)10-7-4-8-14-15-10/h1-8,11H,(H2,13,16). The molecule has 0 aliphatic carbocycles. The molecule has 1 aromatic heterocycles. The van der Waals surface area contributed by atoms with Gasteiger partial charge in [-0.25, -0.2) is 0 Å². The number of thiocarbonyl (C=S) groups is 1. The average molecular weight is 229 g/mol. The molecule has 0 saturated heterocycles. The molecule has 2 rings (SSSR count). The lowest BCUT2D eigenvalue weighted by Gasteiger charge is -2.14. The van der Waals surface area contributed by atoms with E-state index in [1.807, 2.05) is 42.5 Å². The fourth-order valence-corrected chi connectivity index (χ4v) is 1.85. The van der Waals surface area contributed by atoms with Gasteiger partial charge in [-0.1, -0.05) is 42.5 Å². The first kappa shape index (κ1) is 10.7. The van der Waals surface area contributed by atoms with Crippen LogP contribution < -0.4 is 5.73 Å². The second-order valence-corrected chi connectivity index (χ2v) is 3.87. The molecule has 1 aromatic carbocycles. The van der Waals surface area contributed by atoms with Crippen LogP contribution in [0.1, 0.15) is 17.2 Å². The van der Waals surface area contributed by atoms with E-state index < -0.39 is 0 Å². The average Bonchev–Trinajstić information content (AvgIpc) is 2.31. The number of nitrogens with zero attached hydrogens (tertiary/aromatic N) is 2. The Labute approximate surface area is 99.3 Å². The molecule has 0 amide bonds.